The van der Waals surface area contributed by atoms with Crippen molar-refractivity contribution in [2.75, 3.05) is 12.3 Å². The number of rotatable bonds is 11. The third-order valence-corrected chi connectivity index (χ3v) is 9.95. The van der Waals surface area contributed by atoms with E-state index in [9.17, 15) is 24.7 Å². The Morgan fingerprint density at radius 1 is 1.12 bits per heavy atom. The molecule has 4 N–H and O–H groups in total. The van der Waals surface area contributed by atoms with Crippen LogP contribution in [-0.4, -0.2) is 56.3 Å². The van der Waals surface area contributed by atoms with Gasteiger partial charge in [0.2, 0.25) is 13.5 Å². The molecule has 1 fully saturated rings. The van der Waals surface area contributed by atoms with Gasteiger partial charge in [0.25, 0.3) is 0 Å². The number of carbonyl (C=O) groups is 2. The second-order valence-electron chi connectivity index (χ2n) is 8.79. The van der Waals surface area contributed by atoms with Crippen molar-refractivity contribution >= 4 is 31.3 Å². The molecule has 2 aliphatic rings. The van der Waals surface area contributed by atoms with Crippen LogP contribution in [0.5, 0.6) is 0 Å². The molecular weight excluding hydrogens is 471 g/mol. The summed E-state index contributed by atoms with van der Waals surface area (Å²) in [5.41, 5.74) is 2.16. The van der Waals surface area contributed by atoms with E-state index in [2.05, 4.69) is 5.09 Å². The average Bonchev–Trinajstić information content (AvgIpc) is 3.12. The number of carboxylic acid groups (broad SMARTS) is 1. The number of carbonyl (C=O) groups excluding carboxylic acids is 1. The molecule has 0 radical (unpaired) electrons. The quantitative estimate of drug-likeness (QED) is 0.212. The highest BCUT2D eigenvalue weighted by molar-refractivity contribution is 8.03. The molecule has 2 aromatic rings. The van der Waals surface area contributed by atoms with Crippen molar-refractivity contribution in [2.45, 2.75) is 37.8 Å². The summed E-state index contributed by atoms with van der Waals surface area (Å²) in [6.45, 7) is 2.07. The summed E-state index contributed by atoms with van der Waals surface area (Å²) in [5, 5.41) is 23.0. The van der Waals surface area contributed by atoms with Crippen LogP contribution in [0.4, 0.5) is 0 Å². The fraction of sp³-hybridized carbons (Fsp3) is 0.360. The Bertz CT molecular complexity index is 1020. The lowest BCUT2D eigenvalue weighted by Gasteiger charge is -2.44. The van der Waals surface area contributed by atoms with Crippen molar-refractivity contribution in [1.29, 1.82) is 0 Å². The van der Waals surface area contributed by atoms with Crippen LogP contribution >= 0.6 is 19.4 Å². The molecule has 3 atom stereocenters. The van der Waals surface area contributed by atoms with Gasteiger partial charge in [0.05, 0.1) is 18.1 Å². The molecular formula is C25H30N2O5PS+. The van der Waals surface area contributed by atoms with Crippen molar-refractivity contribution in [1.82, 2.24) is 9.99 Å². The van der Waals surface area contributed by atoms with Crippen LogP contribution in [0, 0.1) is 5.92 Å². The van der Waals surface area contributed by atoms with Crippen molar-refractivity contribution in [3.8, 4) is 0 Å². The van der Waals surface area contributed by atoms with E-state index in [4.69, 9.17) is 0 Å². The molecule has 0 aromatic heterocycles. The van der Waals surface area contributed by atoms with Gasteiger partial charge >= 0.3 is 5.97 Å². The topological polar surface area (TPSA) is 110 Å². The number of hydrogen-bond acceptors (Lipinski definition) is 6. The maximum atomic E-state index is 12.4. The van der Waals surface area contributed by atoms with Crippen LogP contribution in [0.25, 0.3) is 0 Å². The summed E-state index contributed by atoms with van der Waals surface area (Å²) in [4.78, 5) is 37.8. The van der Waals surface area contributed by atoms with Crippen LogP contribution in [-0.2, 0) is 21.9 Å². The van der Waals surface area contributed by atoms with Crippen molar-refractivity contribution < 1.29 is 24.7 Å². The van der Waals surface area contributed by atoms with Gasteiger partial charge in [-0.15, -0.1) is 11.8 Å². The van der Waals surface area contributed by atoms with Crippen LogP contribution < -0.4 is 5.09 Å². The number of benzene rings is 2. The zero-order chi connectivity index (χ0) is 24.3. The van der Waals surface area contributed by atoms with Gasteiger partial charge in [0.15, 0.2) is 0 Å². The Hall–Kier alpha value is -2.22. The fourth-order valence-electron chi connectivity index (χ4n) is 4.73. The van der Waals surface area contributed by atoms with Gasteiger partial charge < -0.3 is 15.1 Å². The highest BCUT2D eigenvalue weighted by Crippen LogP contribution is 2.56. The predicted octanol–water partition coefficient (Wildman–Crippen LogP) is 3.46. The molecule has 0 unspecified atom stereocenters. The minimum absolute atomic E-state index is 0.0375. The Balaban J connectivity index is 1.40. The maximum Gasteiger partial charge on any atom is 0.353 e. The molecule has 2 heterocycles. The van der Waals surface area contributed by atoms with E-state index in [0.717, 1.165) is 11.1 Å². The number of aliphatic carboxylic acids is 1. The number of nitrogens with zero attached hydrogens (tertiary/aromatic N) is 1. The standard InChI is InChI=1S/C25H29N2O5PS/c1-17(28)22-20-14-21(23(25(30)31)27(20)24(22)29)34-13-12-26-33(32,15-18-8-4-2-5-9-18)16-19-10-6-3-7-11-19/h2-11,17,20,22,26,28,32H,12-16H2,1H3/p+1/t17-,20-,22-/m1/s1. The molecule has 180 valence electrons. The largest absolute Gasteiger partial charge is 0.477 e. The number of aliphatic hydroxyl groups is 1. The summed E-state index contributed by atoms with van der Waals surface area (Å²) in [6, 6.07) is 19.5. The van der Waals surface area contributed by atoms with Crippen LogP contribution in [0.15, 0.2) is 71.3 Å². The monoisotopic (exact) mass is 501 g/mol. The molecule has 0 bridgehead atoms. The second-order valence-corrected chi connectivity index (χ2v) is 12.8. The normalized spacial score (nSPS) is 20.8. The van der Waals surface area contributed by atoms with Gasteiger partial charge in [-0.1, -0.05) is 60.7 Å². The Morgan fingerprint density at radius 2 is 1.68 bits per heavy atom. The minimum Gasteiger partial charge on any atom is -0.477 e. The number of β-lactam (4-membered cyclic amide) rings is 1. The predicted molar refractivity (Wildman–Crippen MR) is 135 cm³/mol. The molecule has 1 amide bonds. The molecule has 2 aliphatic heterocycles. The van der Waals surface area contributed by atoms with Crippen LogP contribution in [0.1, 0.15) is 24.5 Å². The van der Waals surface area contributed by atoms with E-state index >= 15 is 0 Å². The first-order valence-electron chi connectivity index (χ1n) is 11.3. The molecule has 1 saturated heterocycles. The van der Waals surface area contributed by atoms with E-state index < -0.39 is 25.6 Å². The van der Waals surface area contributed by atoms with Crippen LogP contribution in [0.3, 0.4) is 0 Å². The summed E-state index contributed by atoms with van der Waals surface area (Å²) < 4.78 is 0. The van der Waals surface area contributed by atoms with Gasteiger partial charge in [0.1, 0.15) is 18.0 Å². The number of thioether (sulfide) groups is 1. The van der Waals surface area contributed by atoms with E-state index in [1.807, 2.05) is 60.7 Å². The molecule has 9 heteroatoms. The lowest BCUT2D eigenvalue weighted by molar-refractivity contribution is -0.161. The highest BCUT2D eigenvalue weighted by atomic mass is 32.2. The SMILES string of the molecule is C[C@@H](O)[C@H]1C(=O)N2C(C(=O)O)=C(SCCN[P+](O)(Cc3ccccc3)Cc3ccccc3)C[C@H]12. The van der Waals surface area contributed by atoms with Gasteiger partial charge in [-0.05, 0) is 18.1 Å². The first-order valence-corrected chi connectivity index (χ1v) is 14.4. The van der Waals surface area contributed by atoms with Crippen molar-refractivity contribution in [3.05, 3.63) is 82.4 Å². The Kier molecular flexibility index (Phi) is 7.75. The van der Waals surface area contributed by atoms with E-state index in [1.165, 1.54) is 16.7 Å². The van der Waals surface area contributed by atoms with Crippen molar-refractivity contribution in [2.24, 2.45) is 5.92 Å². The van der Waals surface area contributed by atoms with E-state index in [-0.39, 0.29) is 17.6 Å². The number of aliphatic hydroxyl groups excluding tert-OH is 1. The summed E-state index contributed by atoms with van der Waals surface area (Å²) in [7, 11) is -2.55. The lowest BCUT2D eigenvalue weighted by Crippen LogP contribution is -2.61. The molecule has 4 rings (SSSR count). The zero-order valence-electron chi connectivity index (χ0n) is 19.0. The van der Waals surface area contributed by atoms with Crippen LogP contribution in [0.2, 0.25) is 0 Å². The maximum absolute atomic E-state index is 12.4. The Morgan fingerprint density at radius 3 is 2.18 bits per heavy atom. The van der Waals surface area contributed by atoms with Gasteiger partial charge in [-0.25, -0.2) is 9.69 Å². The molecule has 34 heavy (non-hydrogen) atoms. The number of fused-ring (bicyclic) bond motifs is 1. The van der Waals surface area contributed by atoms with Gasteiger partial charge in [-0.3, -0.25) is 4.79 Å². The summed E-state index contributed by atoms with van der Waals surface area (Å²) in [5.74, 6) is -1.42. The Labute approximate surface area is 204 Å². The summed E-state index contributed by atoms with van der Waals surface area (Å²) in [6.07, 6.45) is 0.722. The van der Waals surface area contributed by atoms with E-state index in [1.54, 1.807) is 6.92 Å². The zero-order valence-corrected chi connectivity index (χ0v) is 20.7. The highest BCUT2D eigenvalue weighted by Gasteiger charge is 2.56. The van der Waals surface area contributed by atoms with Gasteiger partial charge in [-0.2, -0.15) is 5.09 Å². The van der Waals surface area contributed by atoms with E-state index in [0.29, 0.717) is 35.9 Å². The minimum atomic E-state index is -2.55. The molecule has 0 spiro atoms. The van der Waals surface area contributed by atoms with Crippen molar-refractivity contribution in [3.63, 3.8) is 0 Å². The van der Waals surface area contributed by atoms with Gasteiger partial charge in [0, 0.05) is 23.6 Å². The number of amides is 1. The number of hydrogen-bond donors (Lipinski definition) is 4. The fourth-order valence-corrected chi connectivity index (χ4v) is 8.43. The first-order chi connectivity index (χ1) is 16.3. The number of carboxylic acids is 1. The molecule has 2 aromatic carbocycles. The first kappa shape index (κ1) is 24.9. The third-order valence-electron chi connectivity index (χ3n) is 6.25. The lowest BCUT2D eigenvalue weighted by atomic mass is 9.83. The summed E-state index contributed by atoms with van der Waals surface area (Å²) >= 11 is 1.40. The smallest absolute Gasteiger partial charge is 0.353 e. The molecule has 0 aliphatic carbocycles. The molecule has 0 saturated carbocycles. The third kappa shape index (κ3) is 5.37. The second kappa shape index (κ2) is 10.6. The number of nitrogens with one attached hydrogen (secondary N) is 1. The average molecular weight is 502 g/mol. The molecule has 7 nitrogen and oxygen atoms in total.